The number of aliphatic carboxylic acids is 2. The number of aldehydes is 1. The summed E-state index contributed by atoms with van der Waals surface area (Å²) in [6.07, 6.45) is 30.0. The van der Waals surface area contributed by atoms with E-state index in [4.69, 9.17) is 19.7 Å². The topological polar surface area (TPSA) is 161 Å². The monoisotopic (exact) mass is 775 g/mol. The van der Waals surface area contributed by atoms with Gasteiger partial charge in [0.25, 0.3) is 0 Å². The number of ether oxygens (including phenoxy) is 2. The van der Waals surface area contributed by atoms with E-state index in [0.29, 0.717) is 25.7 Å². The number of rotatable bonds is 36. The zero-order valence-corrected chi connectivity index (χ0v) is 34.4. The lowest BCUT2D eigenvalue weighted by molar-refractivity contribution is -0.154. The standard InChI is InChI=1S/C45H74O10/c1-4-6-8-12-18-24-35(32-37(39(30-31-46)44(52)54-3)26-20-14-10-16-22-28-41(47)48)36(25-19-13-9-7-5-2)33-38(40-34-43(51)55-45(40)53)27-21-15-11-17-23-29-42(49)50/h18-19,24-25,31,35-40H,4-17,20-23,26-30,32-34H2,1-3H3,(H,47,48)(H,49,50)/b24-18+,25-19+. The Kier molecular flexibility index (Phi) is 28.8. The Bertz CT molecular complexity index is 1160. The summed E-state index contributed by atoms with van der Waals surface area (Å²) in [4.78, 5) is 72.5. The lowest BCUT2D eigenvalue weighted by atomic mass is 9.71. The minimum atomic E-state index is -0.788. The highest BCUT2D eigenvalue weighted by molar-refractivity contribution is 5.94. The van der Waals surface area contributed by atoms with Gasteiger partial charge < -0.3 is 24.5 Å². The van der Waals surface area contributed by atoms with E-state index in [2.05, 4.69) is 38.2 Å². The van der Waals surface area contributed by atoms with Gasteiger partial charge in [0, 0.05) is 19.3 Å². The van der Waals surface area contributed by atoms with Crippen LogP contribution >= 0.6 is 0 Å². The molecule has 1 saturated heterocycles. The summed E-state index contributed by atoms with van der Waals surface area (Å²) in [6.45, 7) is 4.36. The first-order valence-electron chi connectivity index (χ1n) is 21.6. The van der Waals surface area contributed by atoms with Gasteiger partial charge in [-0.2, -0.15) is 0 Å². The highest BCUT2D eigenvalue weighted by atomic mass is 16.6. The van der Waals surface area contributed by atoms with E-state index in [9.17, 15) is 28.8 Å². The Morgan fingerprint density at radius 1 is 0.727 bits per heavy atom. The number of esters is 3. The molecule has 0 saturated carbocycles. The van der Waals surface area contributed by atoms with E-state index in [1.165, 1.54) is 7.11 Å². The van der Waals surface area contributed by atoms with Crippen LogP contribution in [0.2, 0.25) is 0 Å². The van der Waals surface area contributed by atoms with E-state index in [1.807, 2.05) is 0 Å². The lowest BCUT2D eigenvalue weighted by Crippen LogP contribution is -2.30. The van der Waals surface area contributed by atoms with Crippen molar-refractivity contribution in [1.82, 2.24) is 0 Å². The second kappa shape index (κ2) is 31.9. The Labute approximate surface area is 331 Å². The second-order valence-electron chi connectivity index (χ2n) is 15.7. The van der Waals surface area contributed by atoms with Crippen molar-refractivity contribution in [3.63, 3.8) is 0 Å². The van der Waals surface area contributed by atoms with Crippen LogP contribution in [0.5, 0.6) is 0 Å². The van der Waals surface area contributed by atoms with E-state index in [1.54, 1.807) is 0 Å². The smallest absolute Gasteiger partial charge is 0.317 e. The summed E-state index contributed by atoms with van der Waals surface area (Å²) in [6, 6.07) is 0. The molecule has 0 aromatic carbocycles. The first-order chi connectivity index (χ1) is 26.6. The molecule has 0 aromatic rings. The molecule has 2 N–H and O–H groups in total. The van der Waals surface area contributed by atoms with Crippen molar-refractivity contribution in [2.24, 2.45) is 35.5 Å². The molecule has 0 bridgehead atoms. The van der Waals surface area contributed by atoms with E-state index < -0.39 is 35.7 Å². The highest BCUT2D eigenvalue weighted by Gasteiger charge is 2.41. The van der Waals surface area contributed by atoms with Crippen LogP contribution in [-0.2, 0) is 38.2 Å². The van der Waals surface area contributed by atoms with Gasteiger partial charge in [-0.25, -0.2) is 0 Å². The molecule has 1 fully saturated rings. The fraction of sp³-hybridized carbons (Fsp3) is 0.778. The quantitative estimate of drug-likeness (QED) is 0.0206. The van der Waals surface area contributed by atoms with Crippen LogP contribution in [0.1, 0.15) is 181 Å². The van der Waals surface area contributed by atoms with Crippen molar-refractivity contribution in [1.29, 1.82) is 0 Å². The summed E-state index contributed by atoms with van der Waals surface area (Å²) >= 11 is 0. The number of allylic oxidation sites excluding steroid dienone is 4. The molecule has 0 radical (unpaired) electrons. The third-order valence-electron chi connectivity index (χ3n) is 11.2. The largest absolute Gasteiger partial charge is 0.481 e. The number of carboxylic acid groups (broad SMARTS) is 2. The molecule has 55 heavy (non-hydrogen) atoms. The summed E-state index contributed by atoms with van der Waals surface area (Å²) in [5.41, 5.74) is 0. The van der Waals surface area contributed by atoms with Gasteiger partial charge in [0.05, 0.1) is 25.4 Å². The van der Waals surface area contributed by atoms with E-state index in [-0.39, 0.29) is 55.3 Å². The maximum absolute atomic E-state index is 13.2. The number of hydrogen-bond acceptors (Lipinski definition) is 8. The molecule has 0 aliphatic carbocycles. The van der Waals surface area contributed by atoms with Gasteiger partial charge in [-0.3, -0.25) is 24.0 Å². The average molecular weight is 775 g/mol. The van der Waals surface area contributed by atoms with Crippen LogP contribution in [0.3, 0.4) is 0 Å². The summed E-state index contributed by atoms with van der Waals surface area (Å²) < 4.78 is 10.3. The molecule has 0 amide bonds. The summed E-state index contributed by atoms with van der Waals surface area (Å²) in [5, 5.41) is 18.0. The molecule has 1 rings (SSSR count). The van der Waals surface area contributed by atoms with Crippen molar-refractivity contribution >= 4 is 36.1 Å². The van der Waals surface area contributed by atoms with Gasteiger partial charge in [-0.05, 0) is 87.9 Å². The van der Waals surface area contributed by atoms with Gasteiger partial charge in [-0.15, -0.1) is 0 Å². The Balaban J connectivity index is 3.49. The van der Waals surface area contributed by atoms with Gasteiger partial charge >= 0.3 is 29.8 Å². The SMILES string of the molecule is CCCCC/C=C/C(CC(CCCCCCCC(=O)O)C(CC=O)C(=O)OC)C(/C=C/CCCCC)CC(CCCCCCCC(=O)O)C1CC(=O)OC1=O. The number of carbonyl (C=O) groups is 6. The first-order valence-corrected chi connectivity index (χ1v) is 21.6. The van der Waals surface area contributed by atoms with Crippen LogP contribution in [0.15, 0.2) is 24.3 Å². The molecular formula is C45H74O10. The van der Waals surface area contributed by atoms with Crippen LogP contribution in [0.25, 0.3) is 0 Å². The van der Waals surface area contributed by atoms with Crippen molar-refractivity contribution in [3.05, 3.63) is 24.3 Å². The zero-order chi connectivity index (χ0) is 40.7. The molecule has 6 unspecified atom stereocenters. The van der Waals surface area contributed by atoms with Gasteiger partial charge in [-0.1, -0.05) is 115 Å². The van der Waals surface area contributed by atoms with Crippen molar-refractivity contribution in [3.8, 4) is 0 Å². The second-order valence-corrected chi connectivity index (χ2v) is 15.7. The summed E-state index contributed by atoms with van der Waals surface area (Å²) in [7, 11) is 1.37. The lowest BCUT2D eigenvalue weighted by Gasteiger charge is -2.33. The van der Waals surface area contributed by atoms with E-state index in [0.717, 1.165) is 122 Å². The molecule has 10 heteroatoms. The molecule has 0 aromatic heterocycles. The summed E-state index contributed by atoms with van der Waals surface area (Å²) in [5.74, 6) is -4.18. The molecule has 1 heterocycles. The number of carbonyl (C=O) groups excluding carboxylic acids is 4. The minimum absolute atomic E-state index is 0.00932. The Morgan fingerprint density at radius 3 is 1.71 bits per heavy atom. The predicted molar refractivity (Wildman–Crippen MR) is 215 cm³/mol. The third kappa shape index (κ3) is 23.4. The third-order valence-corrected chi connectivity index (χ3v) is 11.2. The van der Waals surface area contributed by atoms with Crippen molar-refractivity contribution in [2.45, 2.75) is 181 Å². The average Bonchev–Trinajstić information content (AvgIpc) is 3.50. The van der Waals surface area contributed by atoms with Crippen LogP contribution in [0, 0.1) is 35.5 Å². The van der Waals surface area contributed by atoms with Gasteiger partial charge in [0.15, 0.2) is 0 Å². The normalized spacial score (nSPS) is 17.3. The zero-order valence-electron chi connectivity index (χ0n) is 34.4. The molecule has 1 aliphatic rings. The number of cyclic esters (lactones) is 2. The number of methoxy groups -OCH3 is 1. The molecule has 6 atom stereocenters. The van der Waals surface area contributed by atoms with E-state index >= 15 is 0 Å². The maximum atomic E-state index is 13.2. The van der Waals surface area contributed by atoms with Gasteiger partial charge in [0.1, 0.15) is 6.29 Å². The highest BCUT2D eigenvalue weighted by Crippen LogP contribution is 2.40. The molecule has 314 valence electrons. The van der Waals surface area contributed by atoms with Crippen LogP contribution in [0.4, 0.5) is 0 Å². The molecular weight excluding hydrogens is 700 g/mol. The minimum Gasteiger partial charge on any atom is -0.481 e. The molecule has 10 nitrogen and oxygen atoms in total. The number of carboxylic acids is 2. The number of hydrogen-bond donors (Lipinski definition) is 2. The van der Waals surface area contributed by atoms with Gasteiger partial charge in [0.2, 0.25) is 0 Å². The fourth-order valence-electron chi connectivity index (χ4n) is 8.04. The molecule has 0 spiro atoms. The number of unbranched alkanes of at least 4 members (excludes halogenated alkanes) is 14. The fourth-order valence-corrected chi connectivity index (χ4v) is 8.04. The van der Waals surface area contributed by atoms with Crippen LogP contribution in [-0.4, -0.2) is 53.5 Å². The molecule has 1 aliphatic heterocycles. The maximum Gasteiger partial charge on any atom is 0.317 e. The Hall–Kier alpha value is -3.30. The Morgan fingerprint density at radius 2 is 1.24 bits per heavy atom. The predicted octanol–water partition coefficient (Wildman–Crippen LogP) is 10.6. The first kappa shape index (κ1) is 49.7. The van der Waals surface area contributed by atoms with Crippen LogP contribution < -0.4 is 0 Å². The van der Waals surface area contributed by atoms with Crippen molar-refractivity contribution < 1.29 is 48.5 Å². The van der Waals surface area contributed by atoms with Crippen molar-refractivity contribution in [2.75, 3.05) is 7.11 Å².